The molecule has 2 saturated heterocycles. The van der Waals surface area contributed by atoms with Crippen molar-refractivity contribution < 1.29 is 34.1 Å². The standard InChI is InChI=1S/C28H34N4O7/c1-17(33)21(29)24(35)32-23(20-12-7-4-8-13-20)28(26(32)37)14-9-15-31(28)25(36)22(18(2)34)30-27(38)39-16-19-10-5-3-6-11-19/h3-8,10-13,17-18,21-23,33-34H,9,14-16,29H2,1-2H3,(H,30,38). The highest BCUT2D eigenvalue weighted by Crippen LogP contribution is 2.53. The van der Waals surface area contributed by atoms with E-state index in [1.165, 1.54) is 18.7 Å². The fourth-order valence-corrected chi connectivity index (χ4v) is 5.35. The molecule has 2 aromatic carbocycles. The first kappa shape index (κ1) is 28.2. The van der Waals surface area contributed by atoms with Crippen LogP contribution in [0, 0.1) is 0 Å². The zero-order chi connectivity index (χ0) is 28.3. The molecule has 0 saturated carbocycles. The lowest BCUT2D eigenvalue weighted by Crippen LogP contribution is -2.78. The molecule has 6 unspecified atom stereocenters. The zero-order valence-electron chi connectivity index (χ0n) is 21.9. The van der Waals surface area contributed by atoms with E-state index >= 15 is 0 Å². The number of carbonyl (C=O) groups is 4. The van der Waals surface area contributed by atoms with Crippen molar-refractivity contribution in [1.29, 1.82) is 0 Å². The second-order valence-electron chi connectivity index (χ2n) is 10.0. The van der Waals surface area contributed by atoms with Crippen LogP contribution in [0.25, 0.3) is 0 Å². The quantitative estimate of drug-likeness (QED) is 0.360. The Hall–Kier alpha value is -3.80. The second kappa shape index (κ2) is 11.5. The summed E-state index contributed by atoms with van der Waals surface area (Å²) in [6.45, 7) is 2.87. The summed E-state index contributed by atoms with van der Waals surface area (Å²) in [6.07, 6.45) is -2.64. The molecule has 0 aliphatic carbocycles. The van der Waals surface area contributed by atoms with Gasteiger partial charge in [0.2, 0.25) is 11.8 Å². The van der Waals surface area contributed by atoms with Crippen molar-refractivity contribution in [3.8, 4) is 0 Å². The number of alkyl carbamates (subject to hydrolysis) is 1. The zero-order valence-corrected chi connectivity index (χ0v) is 21.9. The van der Waals surface area contributed by atoms with Gasteiger partial charge in [-0.25, -0.2) is 4.79 Å². The van der Waals surface area contributed by atoms with Crippen molar-refractivity contribution in [2.24, 2.45) is 5.73 Å². The van der Waals surface area contributed by atoms with Crippen molar-refractivity contribution in [2.45, 2.75) is 69.2 Å². The fraction of sp³-hybridized carbons (Fsp3) is 0.429. The molecule has 2 heterocycles. The van der Waals surface area contributed by atoms with Gasteiger partial charge in [0.1, 0.15) is 24.2 Å². The van der Waals surface area contributed by atoms with Gasteiger partial charge in [-0.3, -0.25) is 19.3 Å². The summed E-state index contributed by atoms with van der Waals surface area (Å²) in [5.41, 5.74) is 5.86. The van der Waals surface area contributed by atoms with Gasteiger partial charge in [-0.15, -0.1) is 0 Å². The molecule has 2 fully saturated rings. The maximum absolute atomic E-state index is 13.8. The monoisotopic (exact) mass is 538 g/mol. The van der Waals surface area contributed by atoms with Crippen LogP contribution < -0.4 is 11.1 Å². The van der Waals surface area contributed by atoms with Crippen LogP contribution in [0.15, 0.2) is 60.7 Å². The topological polar surface area (TPSA) is 162 Å². The number of amides is 4. The number of imide groups is 1. The molecular formula is C28H34N4O7. The lowest BCUT2D eigenvalue weighted by atomic mass is 9.72. The molecule has 2 aromatic rings. The van der Waals surface area contributed by atoms with Gasteiger partial charge >= 0.3 is 6.09 Å². The number of benzene rings is 2. The third-order valence-electron chi connectivity index (χ3n) is 7.38. The fourth-order valence-electron chi connectivity index (χ4n) is 5.35. The largest absolute Gasteiger partial charge is 0.445 e. The van der Waals surface area contributed by atoms with Gasteiger partial charge in [0.05, 0.1) is 18.2 Å². The summed E-state index contributed by atoms with van der Waals surface area (Å²) >= 11 is 0. The average Bonchev–Trinajstić information content (AvgIpc) is 3.40. The Bertz CT molecular complexity index is 1210. The molecule has 6 atom stereocenters. The Morgan fingerprint density at radius 1 is 1.03 bits per heavy atom. The van der Waals surface area contributed by atoms with Crippen molar-refractivity contribution in [3.05, 3.63) is 71.8 Å². The third kappa shape index (κ3) is 5.25. The van der Waals surface area contributed by atoms with Crippen molar-refractivity contribution in [2.75, 3.05) is 6.54 Å². The normalized spacial score (nSPS) is 23.5. The number of nitrogens with zero attached hydrogens (tertiary/aromatic N) is 2. The molecule has 0 aromatic heterocycles. The molecule has 11 heteroatoms. The van der Waals surface area contributed by atoms with E-state index in [4.69, 9.17) is 10.5 Å². The maximum atomic E-state index is 13.8. The Morgan fingerprint density at radius 2 is 1.64 bits per heavy atom. The Morgan fingerprint density at radius 3 is 2.23 bits per heavy atom. The number of likely N-dealkylation sites (tertiary alicyclic amines) is 2. The van der Waals surface area contributed by atoms with Crippen LogP contribution in [0.1, 0.15) is 43.9 Å². The van der Waals surface area contributed by atoms with E-state index in [-0.39, 0.29) is 19.6 Å². The Balaban J connectivity index is 1.59. The molecule has 1 spiro atoms. The first-order valence-corrected chi connectivity index (χ1v) is 12.9. The van der Waals surface area contributed by atoms with Crippen LogP contribution in [-0.4, -0.2) is 80.2 Å². The van der Waals surface area contributed by atoms with Gasteiger partial charge in [0, 0.05) is 6.54 Å². The van der Waals surface area contributed by atoms with E-state index in [9.17, 15) is 29.4 Å². The van der Waals surface area contributed by atoms with Crippen LogP contribution >= 0.6 is 0 Å². The summed E-state index contributed by atoms with van der Waals surface area (Å²) in [4.78, 5) is 55.6. The molecule has 5 N–H and O–H groups in total. The minimum atomic E-state index is -1.41. The van der Waals surface area contributed by atoms with Gasteiger partial charge < -0.3 is 30.9 Å². The molecule has 2 aliphatic rings. The highest BCUT2D eigenvalue weighted by Gasteiger charge is 2.69. The number of ether oxygens (including phenoxy) is 1. The summed E-state index contributed by atoms with van der Waals surface area (Å²) < 4.78 is 5.23. The molecule has 4 rings (SSSR count). The number of β-lactam (4-membered cyclic amide) rings is 1. The molecule has 11 nitrogen and oxygen atoms in total. The summed E-state index contributed by atoms with van der Waals surface area (Å²) in [6, 6.07) is 14.2. The van der Waals surface area contributed by atoms with Crippen LogP contribution in [0.2, 0.25) is 0 Å². The van der Waals surface area contributed by atoms with E-state index in [2.05, 4.69) is 5.32 Å². The predicted octanol–water partition coefficient (Wildman–Crippen LogP) is 0.842. The highest BCUT2D eigenvalue weighted by atomic mass is 16.5. The van der Waals surface area contributed by atoms with Gasteiger partial charge in [0.15, 0.2) is 0 Å². The van der Waals surface area contributed by atoms with Crippen LogP contribution in [-0.2, 0) is 25.7 Å². The molecule has 4 amide bonds. The first-order valence-electron chi connectivity index (χ1n) is 12.9. The van der Waals surface area contributed by atoms with E-state index in [0.29, 0.717) is 12.0 Å². The number of aliphatic hydroxyl groups is 2. The van der Waals surface area contributed by atoms with E-state index in [1.807, 2.05) is 6.07 Å². The number of hydrogen-bond donors (Lipinski definition) is 4. The van der Waals surface area contributed by atoms with Crippen molar-refractivity contribution in [3.63, 3.8) is 0 Å². The highest BCUT2D eigenvalue weighted by molar-refractivity contribution is 6.10. The first-order chi connectivity index (χ1) is 18.6. The van der Waals surface area contributed by atoms with Gasteiger partial charge in [0.25, 0.3) is 5.91 Å². The number of nitrogens with one attached hydrogen (secondary N) is 1. The minimum Gasteiger partial charge on any atom is -0.445 e. The second-order valence-corrected chi connectivity index (χ2v) is 10.0. The van der Waals surface area contributed by atoms with E-state index in [0.717, 1.165) is 10.5 Å². The van der Waals surface area contributed by atoms with Crippen molar-refractivity contribution in [1.82, 2.24) is 15.1 Å². The SMILES string of the molecule is CC(O)C(N)C(=O)N1C(=O)C2(CCCN2C(=O)C(NC(=O)OCc2ccccc2)C(C)O)C1c1ccccc1. The maximum Gasteiger partial charge on any atom is 0.408 e. The molecule has 0 bridgehead atoms. The molecule has 39 heavy (non-hydrogen) atoms. The van der Waals surface area contributed by atoms with Crippen LogP contribution in [0.4, 0.5) is 4.79 Å². The summed E-state index contributed by atoms with van der Waals surface area (Å²) in [5.74, 6) is -2.02. The summed E-state index contributed by atoms with van der Waals surface area (Å²) in [5, 5.41) is 22.8. The Kier molecular flexibility index (Phi) is 8.34. The van der Waals surface area contributed by atoms with Crippen molar-refractivity contribution >= 4 is 23.8 Å². The van der Waals surface area contributed by atoms with Crippen LogP contribution in [0.3, 0.4) is 0 Å². The molecule has 2 aliphatic heterocycles. The smallest absolute Gasteiger partial charge is 0.408 e. The lowest BCUT2D eigenvalue weighted by molar-refractivity contribution is -0.187. The van der Waals surface area contributed by atoms with Gasteiger partial charge in [-0.2, -0.15) is 0 Å². The number of carbonyl (C=O) groups excluding carboxylic acids is 4. The number of nitrogens with two attached hydrogens (primary N) is 1. The van der Waals surface area contributed by atoms with Crippen LogP contribution in [0.5, 0.6) is 0 Å². The summed E-state index contributed by atoms with van der Waals surface area (Å²) in [7, 11) is 0. The van der Waals surface area contributed by atoms with E-state index in [1.54, 1.807) is 54.6 Å². The lowest BCUT2D eigenvalue weighted by Gasteiger charge is -2.57. The molecule has 208 valence electrons. The molecular weight excluding hydrogens is 504 g/mol. The molecule has 0 radical (unpaired) electrons. The van der Waals surface area contributed by atoms with Gasteiger partial charge in [-0.05, 0) is 37.8 Å². The third-order valence-corrected chi connectivity index (χ3v) is 7.38. The number of aliphatic hydroxyl groups excluding tert-OH is 2. The van der Waals surface area contributed by atoms with Gasteiger partial charge in [-0.1, -0.05) is 60.7 Å². The Labute approximate surface area is 226 Å². The number of hydrogen-bond acceptors (Lipinski definition) is 8. The van der Waals surface area contributed by atoms with E-state index < -0.39 is 59.7 Å². The average molecular weight is 539 g/mol. The minimum absolute atomic E-state index is 0.0315. The predicted molar refractivity (Wildman–Crippen MR) is 140 cm³/mol. The number of rotatable bonds is 8.